The molecule has 0 aliphatic carbocycles. The van der Waals surface area contributed by atoms with Crippen LogP contribution in [-0.4, -0.2) is 67.6 Å². The number of carbonyl (C=O) groups excluding carboxylic acids is 1. The van der Waals surface area contributed by atoms with Gasteiger partial charge in [0.25, 0.3) is 11.5 Å². The molecule has 0 spiro atoms. The number of benzene rings is 2. The monoisotopic (exact) mass is 604 g/mol. The number of anilines is 2. The van der Waals surface area contributed by atoms with Crippen LogP contribution in [0, 0.1) is 11.6 Å². The molecule has 4 heterocycles. The maximum absolute atomic E-state index is 15.2. The molecule has 14 heteroatoms. The summed E-state index contributed by atoms with van der Waals surface area (Å²) in [5, 5.41) is 17.1. The van der Waals surface area contributed by atoms with Crippen LogP contribution in [0.15, 0.2) is 71.8 Å². The van der Waals surface area contributed by atoms with E-state index in [-0.39, 0.29) is 28.4 Å². The number of ether oxygens (including phenoxy) is 1. The van der Waals surface area contributed by atoms with E-state index in [1.165, 1.54) is 54.9 Å². The number of hydrogen-bond donors (Lipinski definition) is 3. The lowest BCUT2D eigenvalue weighted by Crippen LogP contribution is -2.47. The van der Waals surface area contributed by atoms with Gasteiger partial charge in [-0.05, 0) is 55.4 Å². The zero-order chi connectivity index (χ0) is 30.8. The Balaban J connectivity index is 1.19. The maximum Gasteiger partial charge on any atom is 0.284 e. The maximum atomic E-state index is 15.2. The van der Waals surface area contributed by atoms with Crippen molar-refractivity contribution in [2.24, 2.45) is 0 Å². The van der Waals surface area contributed by atoms with E-state index in [0.717, 1.165) is 23.8 Å². The quantitative estimate of drug-likeness (QED) is 0.233. The van der Waals surface area contributed by atoms with Gasteiger partial charge in [0.15, 0.2) is 23.0 Å². The minimum absolute atomic E-state index is 0.0716. The molecule has 2 atom stereocenters. The summed E-state index contributed by atoms with van der Waals surface area (Å²) < 4.78 is 50.2. The van der Waals surface area contributed by atoms with Crippen LogP contribution in [0.4, 0.5) is 24.7 Å². The molecule has 1 saturated heterocycles. The van der Waals surface area contributed by atoms with Crippen LogP contribution in [0.1, 0.15) is 23.7 Å². The van der Waals surface area contributed by atoms with Crippen LogP contribution in [0.5, 0.6) is 11.5 Å². The number of halogens is 3. The van der Waals surface area contributed by atoms with Crippen LogP contribution in [0.2, 0.25) is 0 Å². The Labute approximate surface area is 248 Å². The molecule has 1 aliphatic heterocycles. The number of hydrogen-bond acceptors (Lipinski definition) is 8. The molecular formula is C30H27F3N8O3. The Morgan fingerprint density at radius 3 is 2.66 bits per heavy atom. The molecule has 0 bridgehead atoms. The number of H-pyrrole nitrogens is 1. The molecular weight excluding hydrogens is 577 g/mol. The van der Waals surface area contributed by atoms with Crippen molar-refractivity contribution in [3.8, 4) is 17.2 Å². The van der Waals surface area contributed by atoms with Gasteiger partial charge >= 0.3 is 0 Å². The number of rotatable bonds is 8. The van der Waals surface area contributed by atoms with Crippen molar-refractivity contribution >= 4 is 28.4 Å². The normalized spacial score (nSPS) is 17.0. The van der Waals surface area contributed by atoms with Crippen molar-refractivity contribution in [2.75, 3.05) is 30.3 Å². The Hall–Kier alpha value is -5.24. The van der Waals surface area contributed by atoms with Gasteiger partial charge in [-0.1, -0.05) is 6.92 Å². The summed E-state index contributed by atoms with van der Waals surface area (Å²) in [7, 11) is 0. The van der Waals surface area contributed by atoms with E-state index < -0.39 is 35.3 Å². The Morgan fingerprint density at radius 1 is 1.09 bits per heavy atom. The van der Waals surface area contributed by atoms with Crippen LogP contribution in [0.3, 0.4) is 0 Å². The lowest BCUT2D eigenvalue weighted by Gasteiger charge is -2.34. The predicted octanol–water partition coefficient (Wildman–Crippen LogP) is 4.67. The summed E-state index contributed by atoms with van der Waals surface area (Å²) >= 11 is 0. The molecule has 6 rings (SSSR count). The average Bonchev–Trinajstić information content (AvgIpc) is 3.43. The highest BCUT2D eigenvalue weighted by Crippen LogP contribution is 2.35. The van der Waals surface area contributed by atoms with E-state index in [2.05, 4.69) is 30.9 Å². The minimum atomic E-state index is -1.10. The third kappa shape index (κ3) is 5.83. The van der Waals surface area contributed by atoms with Crippen LogP contribution in [0.25, 0.3) is 16.7 Å². The van der Waals surface area contributed by atoms with Crippen LogP contribution >= 0.6 is 0 Å². The zero-order valence-corrected chi connectivity index (χ0v) is 23.4. The summed E-state index contributed by atoms with van der Waals surface area (Å²) in [4.78, 5) is 32.1. The topological polar surface area (TPSA) is 130 Å². The van der Waals surface area contributed by atoms with E-state index in [0.29, 0.717) is 29.8 Å². The lowest BCUT2D eigenvalue weighted by molar-refractivity contribution is 0.102. The molecule has 11 nitrogen and oxygen atoms in total. The number of amides is 1. The Bertz CT molecular complexity index is 1880. The highest BCUT2D eigenvalue weighted by Gasteiger charge is 2.30. The van der Waals surface area contributed by atoms with Gasteiger partial charge in [0, 0.05) is 43.3 Å². The first kappa shape index (κ1) is 28.9. The Morgan fingerprint density at radius 2 is 1.91 bits per heavy atom. The second-order valence-corrected chi connectivity index (χ2v) is 10.2. The molecule has 3 N–H and O–H groups in total. The SMILES string of the molecule is CCN1CC[C@@H](Nc2n[nH]c3nccc(Oc4ccc(NC(=O)c5ccnn(-c6ccc(F)cc6)c5=O)cc4F)c23)[C@H](F)C1. The summed E-state index contributed by atoms with van der Waals surface area (Å²) in [6.07, 6.45) is 2.21. The number of pyridine rings is 1. The van der Waals surface area contributed by atoms with Crippen LogP contribution in [-0.2, 0) is 0 Å². The van der Waals surface area contributed by atoms with Crippen molar-refractivity contribution in [1.29, 1.82) is 0 Å². The van der Waals surface area contributed by atoms with Gasteiger partial charge in [0.1, 0.15) is 28.7 Å². The first-order valence-electron chi connectivity index (χ1n) is 13.9. The summed E-state index contributed by atoms with van der Waals surface area (Å²) in [5.74, 6) is -1.64. The fourth-order valence-electron chi connectivity index (χ4n) is 5.03. The van der Waals surface area contributed by atoms with Crippen molar-refractivity contribution in [1.82, 2.24) is 29.9 Å². The van der Waals surface area contributed by atoms with Crippen molar-refractivity contribution in [3.63, 3.8) is 0 Å². The molecule has 1 fully saturated rings. The van der Waals surface area contributed by atoms with Gasteiger partial charge in [-0.15, -0.1) is 0 Å². The number of nitrogens with one attached hydrogen (secondary N) is 3. The summed E-state index contributed by atoms with van der Waals surface area (Å²) in [6, 6.07) is 11.1. The third-order valence-electron chi connectivity index (χ3n) is 7.39. The minimum Gasteiger partial charge on any atom is -0.453 e. The number of carbonyl (C=O) groups is 1. The molecule has 2 aromatic carbocycles. The second-order valence-electron chi connectivity index (χ2n) is 10.2. The molecule has 1 aliphatic rings. The molecule has 5 aromatic rings. The van der Waals surface area contributed by atoms with E-state index in [1.54, 1.807) is 6.07 Å². The first-order chi connectivity index (χ1) is 21.3. The number of fused-ring (bicyclic) bond motifs is 1. The predicted molar refractivity (Wildman–Crippen MR) is 157 cm³/mol. The third-order valence-corrected chi connectivity index (χ3v) is 7.39. The van der Waals surface area contributed by atoms with Gasteiger partial charge in [-0.2, -0.15) is 14.9 Å². The largest absolute Gasteiger partial charge is 0.453 e. The van der Waals surface area contributed by atoms with Crippen molar-refractivity contribution in [2.45, 2.75) is 25.6 Å². The highest BCUT2D eigenvalue weighted by molar-refractivity contribution is 6.04. The molecule has 0 radical (unpaired) electrons. The van der Waals surface area contributed by atoms with Gasteiger partial charge in [-0.3, -0.25) is 14.7 Å². The summed E-state index contributed by atoms with van der Waals surface area (Å²) in [6.45, 7) is 3.83. The van der Waals surface area contributed by atoms with Gasteiger partial charge in [-0.25, -0.2) is 18.2 Å². The van der Waals surface area contributed by atoms with E-state index in [1.807, 2.05) is 11.8 Å². The number of aromatic amines is 1. The number of nitrogens with zero attached hydrogens (tertiary/aromatic N) is 5. The highest BCUT2D eigenvalue weighted by atomic mass is 19.1. The number of alkyl halides is 1. The van der Waals surface area contributed by atoms with Crippen molar-refractivity contribution < 1.29 is 22.7 Å². The first-order valence-corrected chi connectivity index (χ1v) is 13.9. The average molecular weight is 605 g/mol. The summed E-state index contributed by atoms with van der Waals surface area (Å²) in [5.41, 5.74) is -0.272. The zero-order valence-electron chi connectivity index (χ0n) is 23.4. The smallest absolute Gasteiger partial charge is 0.284 e. The van der Waals surface area contributed by atoms with Crippen LogP contribution < -0.4 is 20.9 Å². The number of aromatic nitrogens is 5. The van der Waals surface area contributed by atoms with E-state index in [4.69, 9.17) is 4.74 Å². The molecule has 226 valence electrons. The molecule has 1 amide bonds. The lowest BCUT2D eigenvalue weighted by atomic mass is 10.0. The number of piperidine rings is 1. The van der Waals surface area contributed by atoms with Gasteiger partial charge < -0.3 is 20.3 Å². The van der Waals surface area contributed by atoms with E-state index in [9.17, 15) is 18.4 Å². The van der Waals surface area contributed by atoms with E-state index >= 15 is 4.39 Å². The molecule has 44 heavy (non-hydrogen) atoms. The molecule has 3 aromatic heterocycles. The fraction of sp³-hybridized carbons (Fsp3) is 0.233. The standard InChI is InChI=1S/C30H27F3N8O3/c1-2-40-14-11-23(22(33)16-40)37-28-26-25(10-12-34-27(26)38-39-28)44-24-8-5-18(15-21(24)32)36-29(42)20-9-13-35-41(30(20)43)19-6-3-17(31)4-7-19/h3-10,12-13,15,22-23H,2,11,14,16H2,1H3,(H,36,42)(H2,34,37,38,39)/t22-,23-/m1/s1. The van der Waals surface area contributed by atoms with Crippen molar-refractivity contribution in [3.05, 3.63) is 94.5 Å². The van der Waals surface area contributed by atoms with Gasteiger partial charge in [0.2, 0.25) is 0 Å². The molecule has 0 saturated carbocycles. The van der Waals surface area contributed by atoms with Gasteiger partial charge in [0.05, 0.1) is 11.7 Å². The number of likely N-dealkylation sites (tertiary alicyclic amines) is 1. The fourth-order valence-corrected chi connectivity index (χ4v) is 5.03. The second kappa shape index (κ2) is 12.2. The molecule has 0 unspecified atom stereocenters. The Kier molecular flexibility index (Phi) is 7.98.